The van der Waals surface area contributed by atoms with E-state index in [4.69, 9.17) is 0 Å². The first-order chi connectivity index (χ1) is 16.2. The second-order valence-electron chi connectivity index (χ2n) is 8.87. The van der Waals surface area contributed by atoms with Gasteiger partial charge in [-0.05, 0) is 87.6 Å². The van der Waals surface area contributed by atoms with Crippen molar-refractivity contribution in [2.24, 2.45) is 5.92 Å². The molecule has 1 aromatic carbocycles. The fourth-order valence-electron chi connectivity index (χ4n) is 4.52. The summed E-state index contributed by atoms with van der Waals surface area (Å²) in [5.41, 5.74) is 4.91. The van der Waals surface area contributed by atoms with Crippen LogP contribution in [0.5, 0.6) is 0 Å². The molecule has 168 valence electrons. The van der Waals surface area contributed by atoms with Crippen molar-refractivity contribution >= 4 is 22.5 Å². The number of hydrogen-bond donors (Lipinski definition) is 2. The number of H-pyrrole nitrogens is 1. The number of nitrogens with one attached hydrogen (secondary N) is 2. The average Bonchev–Trinajstić information content (AvgIpc) is 3.17. The zero-order valence-electron chi connectivity index (χ0n) is 18.8. The molecule has 1 aliphatic rings. The minimum absolute atomic E-state index is 0.258. The molecular weight excluding hydrogens is 412 g/mol. The number of carbonyl (C=O) groups is 1. The molecule has 1 amide bonds. The fourth-order valence-corrected chi connectivity index (χ4v) is 4.52. The monoisotopic (exact) mass is 440 g/mol. The first kappa shape index (κ1) is 21.3. The molecule has 7 heteroatoms. The highest BCUT2D eigenvalue weighted by molar-refractivity contribution is 6.11. The summed E-state index contributed by atoms with van der Waals surface area (Å²) in [6.45, 7) is 2.33. The lowest BCUT2D eigenvalue weighted by atomic mass is 9.95. The van der Waals surface area contributed by atoms with E-state index < -0.39 is 0 Å². The summed E-state index contributed by atoms with van der Waals surface area (Å²) in [7, 11) is 2.19. The third-order valence-corrected chi connectivity index (χ3v) is 6.42. The molecule has 4 heterocycles. The van der Waals surface area contributed by atoms with Crippen molar-refractivity contribution in [1.82, 2.24) is 25.1 Å². The molecule has 7 nitrogen and oxygen atoms in total. The zero-order chi connectivity index (χ0) is 22.6. The molecule has 0 spiro atoms. The van der Waals surface area contributed by atoms with Gasteiger partial charge in [0, 0.05) is 29.0 Å². The number of likely N-dealkylation sites (tertiary alicyclic amines) is 1. The van der Waals surface area contributed by atoms with Gasteiger partial charge in [0.1, 0.15) is 0 Å². The van der Waals surface area contributed by atoms with Gasteiger partial charge in [0.2, 0.25) is 0 Å². The van der Waals surface area contributed by atoms with Crippen molar-refractivity contribution in [2.45, 2.75) is 25.7 Å². The summed E-state index contributed by atoms with van der Waals surface area (Å²) >= 11 is 0. The van der Waals surface area contributed by atoms with Crippen LogP contribution in [0.1, 0.15) is 35.4 Å². The van der Waals surface area contributed by atoms with Crippen LogP contribution in [-0.4, -0.2) is 51.1 Å². The number of hydrogen-bond acceptors (Lipinski definition) is 5. The molecular formula is C26H28N6O. The third kappa shape index (κ3) is 4.93. The number of pyridine rings is 2. The van der Waals surface area contributed by atoms with E-state index in [1.807, 2.05) is 48.7 Å². The maximum Gasteiger partial charge on any atom is 0.276 e. The van der Waals surface area contributed by atoms with Gasteiger partial charge < -0.3 is 10.2 Å². The Labute approximate surface area is 193 Å². The van der Waals surface area contributed by atoms with Gasteiger partial charge in [-0.25, -0.2) is 0 Å². The minimum Gasteiger partial charge on any atom is -0.319 e. The summed E-state index contributed by atoms with van der Waals surface area (Å²) in [6, 6.07) is 13.7. The first-order valence-corrected chi connectivity index (χ1v) is 11.5. The Morgan fingerprint density at radius 2 is 2.06 bits per heavy atom. The van der Waals surface area contributed by atoms with Crippen LogP contribution in [-0.2, 0) is 6.42 Å². The molecule has 0 aliphatic carbocycles. The Hall–Kier alpha value is -3.58. The number of fused-ring (bicyclic) bond motifs is 1. The lowest BCUT2D eigenvalue weighted by molar-refractivity contribution is 0.102. The summed E-state index contributed by atoms with van der Waals surface area (Å²) < 4.78 is 0. The van der Waals surface area contributed by atoms with Crippen LogP contribution < -0.4 is 5.32 Å². The van der Waals surface area contributed by atoms with Crippen molar-refractivity contribution in [3.05, 3.63) is 72.4 Å². The van der Waals surface area contributed by atoms with Gasteiger partial charge in [-0.1, -0.05) is 12.1 Å². The van der Waals surface area contributed by atoms with Crippen molar-refractivity contribution in [1.29, 1.82) is 0 Å². The number of aromatic nitrogens is 4. The molecule has 1 atom stereocenters. The summed E-state index contributed by atoms with van der Waals surface area (Å²) in [6.07, 6.45) is 9.99. The molecule has 1 aliphatic heterocycles. The topological polar surface area (TPSA) is 86.8 Å². The molecule has 5 rings (SSSR count). The Balaban J connectivity index is 1.28. The predicted molar refractivity (Wildman–Crippen MR) is 130 cm³/mol. The highest BCUT2D eigenvalue weighted by Crippen LogP contribution is 2.26. The van der Waals surface area contributed by atoms with Crippen molar-refractivity contribution in [3.63, 3.8) is 0 Å². The second-order valence-corrected chi connectivity index (χ2v) is 8.87. The van der Waals surface area contributed by atoms with Crippen molar-refractivity contribution in [2.75, 3.05) is 25.5 Å². The Kier molecular flexibility index (Phi) is 6.13. The number of carbonyl (C=O) groups excluding carboxylic acids is 1. The maximum absolute atomic E-state index is 13.0. The number of rotatable bonds is 5. The molecule has 33 heavy (non-hydrogen) atoms. The van der Waals surface area contributed by atoms with E-state index in [0.29, 0.717) is 17.3 Å². The van der Waals surface area contributed by atoms with Crippen LogP contribution in [0, 0.1) is 5.92 Å². The molecule has 4 aromatic rings. The van der Waals surface area contributed by atoms with Crippen LogP contribution >= 0.6 is 0 Å². The molecule has 0 saturated carbocycles. The highest BCUT2D eigenvalue weighted by Gasteiger charge is 2.17. The van der Waals surface area contributed by atoms with Crippen LogP contribution in [0.4, 0.5) is 5.69 Å². The van der Waals surface area contributed by atoms with E-state index in [-0.39, 0.29) is 5.91 Å². The SMILES string of the molecule is CN1CCCC(Cc2ccc(NC(=O)c3n[nH]c4ccc(-c5cccnc5)cc34)cn2)CC1. The number of anilines is 1. The second kappa shape index (κ2) is 9.50. The van der Waals surface area contributed by atoms with E-state index in [1.54, 1.807) is 12.4 Å². The molecule has 0 radical (unpaired) electrons. The number of nitrogens with zero attached hydrogens (tertiary/aromatic N) is 4. The van der Waals surface area contributed by atoms with Gasteiger partial charge >= 0.3 is 0 Å². The van der Waals surface area contributed by atoms with Crippen molar-refractivity contribution < 1.29 is 4.79 Å². The van der Waals surface area contributed by atoms with Gasteiger partial charge in [0.15, 0.2) is 5.69 Å². The third-order valence-electron chi connectivity index (χ3n) is 6.42. The molecule has 0 bridgehead atoms. The largest absolute Gasteiger partial charge is 0.319 e. The quantitative estimate of drug-likeness (QED) is 0.476. The molecule has 2 N–H and O–H groups in total. The van der Waals surface area contributed by atoms with Gasteiger partial charge in [-0.15, -0.1) is 0 Å². The summed E-state index contributed by atoms with van der Waals surface area (Å²) in [5.74, 6) is 0.415. The summed E-state index contributed by atoms with van der Waals surface area (Å²) in [5, 5.41) is 10.9. The number of benzene rings is 1. The molecule has 1 unspecified atom stereocenters. The van der Waals surface area contributed by atoms with Crippen molar-refractivity contribution in [3.8, 4) is 11.1 Å². The first-order valence-electron chi connectivity index (χ1n) is 11.5. The van der Waals surface area contributed by atoms with E-state index in [9.17, 15) is 4.79 Å². The van der Waals surface area contributed by atoms with Gasteiger partial charge in [0.25, 0.3) is 5.91 Å². The van der Waals surface area contributed by atoms with E-state index in [2.05, 4.69) is 37.4 Å². The summed E-state index contributed by atoms with van der Waals surface area (Å²) in [4.78, 5) is 24.2. The Morgan fingerprint density at radius 1 is 1.12 bits per heavy atom. The predicted octanol–water partition coefficient (Wildman–Crippen LogP) is 4.55. The van der Waals surface area contributed by atoms with Crippen LogP contribution in [0.2, 0.25) is 0 Å². The van der Waals surface area contributed by atoms with Crippen LogP contribution in [0.25, 0.3) is 22.0 Å². The van der Waals surface area contributed by atoms with E-state index in [1.165, 1.54) is 25.8 Å². The maximum atomic E-state index is 13.0. The fraction of sp³-hybridized carbons (Fsp3) is 0.308. The van der Waals surface area contributed by atoms with Crippen LogP contribution in [0.3, 0.4) is 0 Å². The average molecular weight is 441 g/mol. The number of amides is 1. The smallest absolute Gasteiger partial charge is 0.276 e. The lowest BCUT2D eigenvalue weighted by Crippen LogP contribution is -2.19. The molecule has 1 saturated heterocycles. The van der Waals surface area contributed by atoms with Crippen LogP contribution in [0.15, 0.2) is 61.1 Å². The van der Waals surface area contributed by atoms with Gasteiger partial charge in [0.05, 0.1) is 17.4 Å². The normalized spacial score (nSPS) is 17.1. The van der Waals surface area contributed by atoms with Gasteiger partial charge in [-0.3, -0.25) is 19.9 Å². The molecule has 3 aromatic heterocycles. The minimum atomic E-state index is -0.258. The lowest BCUT2D eigenvalue weighted by Gasteiger charge is -2.14. The highest BCUT2D eigenvalue weighted by atomic mass is 16.1. The Morgan fingerprint density at radius 3 is 2.88 bits per heavy atom. The van der Waals surface area contributed by atoms with E-state index in [0.717, 1.165) is 40.7 Å². The number of aromatic amines is 1. The molecule has 1 fully saturated rings. The van der Waals surface area contributed by atoms with E-state index >= 15 is 0 Å². The van der Waals surface area contributed by atoms with Gasteiger partial charge in [-0.2, -0.15) is 5.10 Å². The zero-order valence-corrected chi connectivity index (χ0v) is 18.8. The standard InChI is InChI=1S/C26H28N6O/c1-32-12-3-4-18(10-13-32)14-21-7-8-22(17-28-21)29-26(33)25-23-15-19(6-9-24(23)30-31-25)20-5-2-11-27-16-20/h2,5-9,11,15-18H,3-4,10,12-14H2,1H3,(H,29,33)(H,30,31). The Bertz CT molecular complexity index is 1230.